The number of furan rings is 1. The van der Waals surface area contributed by atoms with Crippen molar-refractivity contribution >= 4 is 17.9 Å². The smallest absolute Gasteiger partial charge is 0.185 e. The number of carbonyl (C=O) groups excluding carboxylic acids is 1. The van der Waals surface area contributed by atoms with E-state index in [2.05, 4.69) is 0 Å². The first-order valence-electron chi connectivity index (χ1n) is 6.74. The molecule has 1 N–H and O–H groups in total. The van der Waals surface area contributed by atoms with Crippen LogP contribution in [0, 0.1) is 6.92 Å². The van der Waals surface area contributed by atoms with Crippen molar-refractivity contribution in [2.24, 2.45) is 0 Å². The summed E-state index contributed by atoms with van der Waals surface area (Å²) < 4.78 is 5.50. The summed E-state index contributed by atoms with van der Waals surface area (Å²) in [6.45, 7) is 1.83. The minimum atomic E-state index is 0.202. The van der Waals surface area contributed by atoms with Gasteiger partial charge < -0.3 is 9.52 Å². The fraction of sp³-hybridized carbons (Fsp3) is 0.0556. The van der Waals surface area contributed by atoms with E-state index in [0.29, 0.717) is 28.2 Å². The van der Waals surface area contributed by atoms with E-state index < -0.39 is 0 Å². The molecule has 1 heterocycles. The molecule has 0 amide bonds. The summed E-state index contributed by atoms with van der Waals surface area (Å²) in [5.74, 6) is 0.922. The number of hydrogen-bond acceptors (Lipinski definition) is 3. The maximum Gasteiger partial charge on any atom is 0.185 e. The second-order valence-electron chi connectivity index (χ2n) is 4.95. The van der Waals surface area contributed by atoms with E-state index in [1.807, 2.05) is 37.3 Å². The molecule has 0 aliphatic heterocycles. The molecule has 22 heavy (non-hydrogen) atoms. The number of rotatable bonds is 3. The second-order valence-corrected chi connectivity index (χ2v) is 5.36. The molecule has 0 fully saturated rings. The van der Waals surface area contributed by atoms with Crippen molar-refractivity contribution in [3.8, 4) is 28.2 Å². The van der Waals surface area contributed by atoms with Crippen LogP contribution in [0.1, 0.15) is 16.1 Å². The average Bonchev–Trinajstić information content (AvgIpc) is 2.98. The molecule has 0 unspecified atom stereocenters. The molecule has 110 valence electrons. The van der Waals surface area contributed by atoms with Crippen molar-refractivity contribution in [1.29, 1.82) is 0 Å². The van der Waals surface area contributed by atoms with Gasteiger partial charge >= 0.3 is 0 Å². The third-order valence-corrected chi connectivity index (χ3v) is 3.85. The number of phenolic OH excluding ortho intramolecular Hbond substituents is 1. The van der Waals surface area contributed by atoms with Gasteiger partial charge in [0.25, 0.3) is 0 Å². The van der Waals surface area contributed by atoms with Gasteiger partial charge in [-0.15, -0.1) is 0 Å². The predicted octanol–water partition coefficient (Wildman–Crippen LogP) is 5.09. The zero-order valence-electron chi connectivity index (χ0n) is 11.8. The Kier molecular flexibility index (Phi) is 3.73. The number of halogens is 1. The van der Waals surface area contributed by atoms with Crippen LogP contribution in [0.4, 0.5) is 0 Å². The topological polar surface area (TPSA) is 50.4 Å². The molecule has 4 heteroatoms. The SMILES string of the molecule is Cc1cccc(-c2cccc(Cl)c2-c2ccc(C=O)o2)c1O. The van der Waals surface area contributed by atoms with Crippen molar-refractivity contribution in [2.75, 3.05) is 0 Å². The molecule has 0 aliphatic rings. The molecule has 0 spiro atoms. The molecular weight excluding hydrogens is 300 g/mol. The highest BCUT2D eigenvalue weighted by Gasteiger charge is 2.17. The van der Waals surface area contributed by atoms with Crippen LogP contribution in [0.25, 0.3) is 22.5 Å². The zero-order valence-corrected chi connectivity index (χ0v) is 12.6. The summed E-state index contributed by atoms with van der Waals surface area (Å²) in [6.07, 6.45) is 0.643. The molecule has 2 aromatic carbocycles. The van der Waals surface area contributed by atoms with Crippen molar-refractivity contribution in [1.82, 2.24) is 0 Å². The molecule has 0 bridgehead atoms. The lowest BCUT2D eigenvalue weighted by molar-refractivity contribution is 0.110. The zero-order chi connectivity index (χ0) is 15.7. The maximum atomic E-state index is 10.8. The molecule has 0 atom stereocenters. The average molecular weight is 313 g/mol. The van der Waals surface area contributed by atoms with Gasteiger partial charge in [0, 0.05) is 11.1 Å². The van der Waals surface area contributed by atoms with Gasteiger partial charge in [0.1, 0.15) is 11.5 Å². The molecule has 0 radical (unpaired) electrons. The summed E-state index contributed by atoms with van der Waals surface area (Å²) in [6, 6.07) is 14.2. The van der Waals surface area contributed by atoms with Crippen molar-refractivity contribution in [3.63, 3.8) is 0 Å². The van der Waals surface area contributed by atoms with Gasteiger partial charge in [-0.2, -0.15) is 0 Å². The van der Waals surface area contributed by atoms with Crippen LogP contribution in [-0.2, 0) is 0 Å². The van der Waals surface area contributed by atoms with Crippen LogP contribution in [0.5, 0.6) is 5.75 Å². The van der Waals surface area contributed by atoms with Crippen LogP contribution in [-0.4, -0.2) is 11.4 Å². The number of aldehydes is 1. The molecule has 0 saturated carbocycles. The van der Waals surface area contributed by atoms with Gasteiger partial charge in [-0.25, -0.2) is 0 Å². The van der Waals surface area contributed by atoms with E-state index >= 15 is 0 Å². The summed E-state index contributed by atoms with van der Waals surface area (Å²) in [4.78, 5) is 10.8. The number of hydrogen-bond donors (Lipinski definition) is 1. The van der Waals surface area contributed by atoms with E-state index in [-0.39, 0.29) is 11.5 Å². The molecule has 0 aliphatic carbocycles. The number of benzene rings is 2. The van der Waals surface area contributed by atoms with Crippen molar-refractivity contribution < 1.29 is 14.3 Å². The summed E-state index contributed by atoms with van der Waals surface area (Å²) >= 11 is 6.33. The van der Waals surface area contributed by atoms with E-state index in [9.17, 15) is 9.90 Å². The highest BCUT2D eigenvalue weighted by molar-refractivity contribution is 6.34. The minimum Gasteiger partial charge on any atom is -0.507 e. The Morgan fingerprint density at radius 2 is 1.77 bits per heavy atom. The van der Waals surface area contributed by atoms with Gasteiger partial charge in [0.05, 0.1) is 5.02 Å². The number of aryl methyl sites for hydroxylation is 1. The number of aromatic hydroxyl groups is 1. The van der Waals surface area contributed by atoms with E-state index in [0.717, 1.165) is 11.1 Å². The van der Waals surface area contributed by atoms with Crippen LogP contribution >= 0.6 is 11.6 Å². The quantitative estimate of drug-likeness (QED) is 0.685. The first kappa shape index (κ1) is 14.4. The Balaban J connectivity index is 2.27. The van der Waals surface area contributed by atoms with Gasteiger partial charge in [0.2, 0.25) is 0 Å². The fourth-order valence-electron chi connectivity index (χ4n) is 2.43. The lowest BCUT2D eigenvalue weighted by Gasteiger charge is -2.12. The van der Waals surface area contributed by atoms with Gasteiger partial charge in [0.15, 0.2) is 12.0 Å². The Morgan fingerprint density at radius 3 is 2.50 bits per heavy atom. The highest BCUT2D eigenvalue weighted by atomic mass is 35.5. The maximum absolute atomic E-state index is 10.8. The van der Waals surface area contributed by atoms with Crippen LogP contribution in [0.3, 0.4) is 0 Å². The lowest BCUT2D eigenvalue weighted by atomic mass is 9.96. The van der Waals surface area contributed by atoms with Crippen LogP contribution in [0.2, 0.25) is 5.02 Å². The summed E-state index contributed by atoms with van der Waals surface area (Å²) in [5.41, 5.74) is 2.84. The molecule has 1 aromatic heterocycles. The number of carbonyl (C=O) groups is 1. The Labute approximate surface area is 132 Å². The first-order valence-corrected chi connectivity index (χ1v) is 7.12. The number of phenols is 1. The third-order valence-electron chi connectivity index (χ3n) is 3.53. The van der Waals surface area contributed by atoms with E-state index in [1.54, 1.807) is 18.2 Å². The van der Waals surface area contributed by atoms with Gasteiger partial charge in [-0.3, -0.25) is 4.79 Å². The highest BCUT2D eigenvalue weighted by Crippen LogP contribution is 2.42. The minimum absolute atomic E-state index is 0.202. The van der Waals surface area contributed by atoms with E-state index in [4.69, 9.17) is 16.0 Å². The van der Waals surface area contributed by atoms with Crippen LogP contribution < -0.4 is 0 Å². The summed E-state index contributed by atoms with van der Waals surface area (Å²) in [7, 11) is 0. The van der Waals surface area contributed by atoms with Crippen LogP contribution in [0.15, 0.2) is 52.9 Å². The fourth-order valence-corrected chi connectivity index (χ4v) is 2.69. The Hall–Kier alpha value is -2.52. The van der Waals surface area contributed by atoms with Crippen molar-refractivity contribution in [2.45, 2.75) is 6.92 Å². The van der Waals surface area contributed by atoms with E-state index in [1.165, 1.54) is 0 Å². The van der Waals surface area contributed by atoms with Gasteiger partial charge in [-0.05, 0) is 36.2 Å². The Bertz CT molecular complexity index is 849. The second kappa shape index (κ2) is 5.70. The predicted molar refractivity (Wildman–Crippen MR) is 86.4 cm³/mol. The normalized spacial score (nSPS) is 10.6. The Morgan fingerprint density at radius 1 is 1.05 bits per heavy atom. The molecule has 3 nitrogen and oxygen atoms in total. The summed E-state index contributed by atoms with van der Waals surface area (Å²) in [5, 5.41) is 10.8. The molecular formula is C18H13ClO3. The van der Waals surface area contributed by atoms with Gasteiger partial charge in [-0.1, -0.05) is 41.9 Å². The number of para-hydroxylation sites is 1. The molecule has 0 saturated heterocycles. The monoisotopic (exact) mass is 312 g/mol. The largest absolute Gasteiger partial charge is 0.507 e. The lowest BCUT2D eigenvalue weighted by Crippen LogP contribution is -1.87. The molecule has 3 aromatic rings. The first-order chi connectivity index (χ1) is 10.6. The molecule has 3 rings (SSSR count). The van der Waals surface area contributed by atoms with Crippen molar-refractivity contribution in [3.05, 3.63) is 64.9 Å². The standard InChI is InChI=1S/C18H13ClO3/c1-11-4-2-6-14(18(11)21)13-5-3-7-15(19)17(13)16-9-8-12(10-20)22-16/h2-10,21H,1H3. The third kappa shape index (κ3) is 2.40.